The summed E-state index contributed by atoms with van der Waals surface area (Å²) >= 11 is 0. The lowest BCUT2D eigenvalue weighted by Gasteiger charge is -2.46. The number of benzene rings is 2. The Morgan fingerprint density at radius 1 is 0.881 bits per heavy atom. The molecule has 7 nitrogen and oxygen atoms in total. The van der Waals surface area contributed by atoms with E-state index in [1.165, 1.54) is 25.1 Å². The molecule has 2 aliphatic heterocycles. The zero-order valence-electron chi connectivity index (χ0n) is 23.3. The molecule has 0 radical (unpaired) electrons. The molecule has 2 aromatic carbocycles. The van der Waals surface area contributed by atoms with E-state index in [0.29, 0.717) is 64.2 Å². The topological polar surface area (TPSA) is 73.0 Å². The Hall–Kier alpha value is -2.84. The molecule has 2 aromatic rings. The molecule has 232 valence electrons. The fourth-order valence-electron chi connectivity index (χ4n) is 5.63. The molecule has 2 aliphatic rings. The number of ketones is 1. The zero-order chi connectivity index (χ0) is 30.9. The van der Waals surface area contributed by atoms with Crippen LogP contribution in [0.4, 0.5) is 37.7 Å². The van der Waals surface area contributed by atoms with Gasteiger partial charge in [0.25, 0.3) is 0 Å². The Morgan fingerprint density at radius 3 is 1.95 bits per heavy atom. The number of anilines is 2. The fraction of sp³-hybridized carbons (Fsp3) is 0.536. The third-order valence-electron chi connectivity index (χ3n) is 7.77. The summed E-state index contributed by atoms with van der Waals surface area (Å²) in [5, 5.41) is 3.11. The highest BCUT2D eigenvalue weighted by Crippen LogP contribution is 2.36. The van der Waals surface area contributed by atoms with Crippen LogP contribution >= 0.6 is 0 Å². The second-order valence-electron chi connectivity index (χ2n) is 10.9. The first-order valence-electron chi connectivity index (χ1n) is 13.6. The van der Waals surface area contributed by atoms with E-state index in [1.807, 2.05) is 4.90 Å². The van der Waals surface area contributed by atoms with Crippen LogP contribution in [0.25, 0.3) is 0 Å². The summed E-state index contributed by atoms with van der Waals surface area (Å²) < 4.78 is 103. The van der Waals surface area contributed by atoms with Gasteiger partial charge in [0.05, 0.1) is 22.2 Å². The van der Waals surface area contributed by atoms with E-state index >= 15 is 0 Å². The standard InChI is InChI=1S/C28H34F6N4O3S/c1-19(39)17-26(38-15-13-36(14-16-38)23-6-3-20(4-7-23)27(29,30)31)37-11-9-21(10-12-37)35-22-5-8-25(42(2,40)41)24(18-22)28(32,33)34/h3-8,18,21,26,35H,9-17H2,1-2H3. The Balaban J connectivity index is 1.37. The maximum absolute atomic E-state index is 13.6. The molecule has 4 rings (SSSR count). The van der Waals surface area contributed by atoms with Crippen molar-refractivity contribution in [1.82, 2.24) is 9.80 Å². The van der Waals surface area contributed by atoms with Crippen molar-refractivity contribution < 1.29 is 39.6 Å². The molecular formula is C28H34F6N4O3S. The smallest absolute Gasteiger partial charge is 0.382 e. The molecular weight excluding hydrogens is 586 g/mol. The minimum atomic E-state index is -4.82. The van der Waals surface area contributed by atoms with Crippen molar-refractivity contribution in [2.45, 2.75) is 55.6 Å². The monoisotopic (exact) mass is 620 g/mol. The number of sulfone groups is 1. The van der Waals surface area contributed by atoms with Gasteiger partial charge >= 0.3 is 12.4 Å². The summed E-state index contributed by atoms with van der Waals surface area (Å²) in [7, 11) is -4.06. The van der Waals surface area contributed by atoms with E-state index in [9.17, 15) is 39.6 Å². The van der Waals surface area contributed by atoms with Crippen molar-refractivity contribution in [1.29, 1.82) is 0 Å². The third kappa shape index (κ3) is 7.95. The number of carbonyl (C=O) groups excluding carboxylic acids is 1. The summed E-state index contributed by atoms with van der Waals surface area (Å²) in [4.78, 5) is 17.8. The summed E-state index contributed by atoms with van der Waals surface area (Å²) in [6, 6.07) is 8.09. The maximum atomic E-state index is 13.6. The SMILES string of the molecule is CC(=O)CC(N1CCC(Nc2ccc(S(C)(=O)=O)c(C(F)(F)F)c2)CC1)N1CCN(c2ccc(C(F)(F)F)cc2)CC1. The van der Waals surface area contributed by atoms with E-state index in [-0.39, 0.29) is 23.7 Å². The van der Waals surface area contributed by atoms with Gasteiger partial charge < -0.3 is 10.2 Å². The molecule has 1 atom stereocenters. The van der Waals surface area contributed by atoms with Gasteiger partial charge in [-0.05, 0) is 62.2 Å². The van der Waals surface area contributed by atoms with Crippen molar-refractivity contribution in [2.75, 3.05) is 55.7 Å². The van der Waals surface area contributed by atoms with Gasteiger partial charge in [-0.15, -0.1) is 0 Å². The summed E-state index contributed by atoms with van der Waals surface area (Å²) in [6.07, 6.45) is -7.12. The van der Waals surface area contributed by atoms with Crippen LogP contribution in [-0.4, -0.2) is 81.7 Å². The molecule has 0 bridgehead atoms. The van der Waals surface area contributed by atoms with Crippen LogP contribution in [0.2, 0.25) is 0 Å². The predicted molar refractivity (Wildman–Crippen MR) is 147 cm³/mol. The van der Waals surface area contributed by atoms with Crippen molar-refractivity contribution in [3.8, 4) is 0 Å². The van der Waals surface area contributed by atoms with Gasteiger partial charge in [0.2, 0.25) is 0 Å². The molecule has 0 amide bonds. The molecule has 42 heavy (non-hydrogen) atoms. The lowest BCUT2D eigenvalue weighted by atomic mass is 10.0. The Labute approximate surface area is 241 Å². The highest BCUT2D eigenvalue weighted by atomic mass is 32.2. The summed E-state index contributed by atoms with van der Waals surface area (Å²) in [6.45, 7) is 5.13. The first-order chi connectivity index (χ1) is 19.5. The van der Waals surface area contributed by atoms with Crippen LogP contribution in [0.5, 0.6) is 0 Å². The average Bonchev–Trinajstić information content (AvgIpc) is 2.91. The van der Waals surface area contributed by atoms with Gasteiger partial charge in [-0.1, -0.05) is 0 Å². The normalized spacial score (nSPS) is 19.1. The number of nitrogens with zero attached hydrogens (tertiary/aromatic N) is 3. The van der Waals surface area contributed by atoms with Crippen molar-refractivity contribution in [3.05, 3.63) is 53.6 Å². The molecule has 1 N–H and O–H groups in total. The van der Waals surface area contributed by atoms with Crippen LogP contribution in [0, 0.1) is 0 Å². The molecule has 0 aromatic heterocycles. The minimum absolute atomic E-state index is 0.0241. The fourth-order valence-corrected chi connectivity index (χ4v) is 6.52. The Bertz CT molecular complexity index is 1350. The van der Waals surface area contributed by atoms with Crippen LogP contribution in [0.15, 0.2) is 47.4 Å². The molecule has 14 heteroatoms. The number of halogens is 6. The second-order valence-corrected chi connectivity index (χ2v) is 12.9. The molecule has 2 heterocycles. The van der Waals surface area contributed by atoms with Crippen molar-refractivity contribution in [2.24, 2.45) is 0 Å². The highest BCUT2D eigenvalue weighted by Gasteiger charge is 2.37. The van der Waals surface area contributed by atoms with E-state index < -0.39 is 38.2 Å². The van der Waals surface area contributed by atoms with Gasteiger partial charge in [-0.25, -0.2) is 8.42 Å². The first-order valence-corrected chi connectivity index (χ1v) is 15.5. The van der Waals surface area contributed by atoms with Crippen molar-refractivity contribution >= 4 is 27.0 Å². The number of nitrogens with one attached hydrogen (secondary N) is 1. The van der Waals surface area contributed by atoms with Crippen LogP contribution in [0.3, 0.4) is 0 Å². The quantitative estimate of drug-likeness (QED) is 0.411. The van der Waals surface area contributed by atoms with E-state index in [4.69, 9.17) is 0 Å². The predicted octanol–water partition coefficient (Wildman–Crippen LogP) is 5.13. The number of likely N-dealkylation sites (tertiary alicyclic amines) is 1. The number of alkyl halides is 6. The number of hydrogen-bond acceptors (Lipinski definition) is 7. The molecule has 2 fully saturated rings. The average molecular weight is 621 g/mol. The van der Waals surface area contributed by atoms with Crippen LogP contribution < -0.4 is 10.2 Å². The molecule has 0 saturated carbocycles. The number of piperidine rings is 1. The van der Waals surface area contributed by atoms with E-state index in [0.717, 1.165) is 30.5 Å². The molecule has 0 spiro atoms. The number of piperazine rings is 1. The first kappa shape index (κ1) is 32.1. The molecule has 1 unspecified atom stereocenters. The summed E-state index contributed by atoms with van der Waals surface area (Å²) in [5.74, 6) is 0.0241. The third-order valence-corrected chi connectivity index (χ3v) is 8.93. The van der Waals surface area contributed by atoms with Gasteiger partial charge in [0.1, 0.15) is 5.78 Å². The molecule has 2 saturated heterocycles. The number of rotatable bonds is 8. The highest BCUT2D eigenvalue weighted by molar-refractivity contribution is 7.90. The Kier molecular flexibility index (Phi) is 9.48. The zero-order valence-corrected chi connectivity index (χ0v) is 24.1. The van der Waals surface area contributed by atoms with Crippen LogP contribution in [-0.2, 0) is 27.0 Å². The van der Waals surface area contributed by atoms with Crippen molar-refractivity contribution in [3.63, 3.8) is 0 Å². The van der Waals surface area contributed by atoms with Gasteiger partial charge in [-0.3, -0.25) is 14.6 Å². The lowest BCUT2D eigenvalue weighted by Crippen LogP contribution is -2.58. The van der Waals surface area contributed by atoms with Gasteiger partial charge in [0, 0.05) is 69.4 Å². The van der Waals surface area contributed by atoms with Gasteiger partial charge in [0.15, 0.2) is 9.84 Å². The minimum Gasteiger partial charge on any atom is -0.382 e. The molecule has 0 aliphatic carbocycles. The lowest BCUT2D eigenvalue weighted by molar-refractivity contribution is -0.140. The van der Waals surface area contributed by atoms with Gasteiger partial charge in [-0.2, -0.15) is 26.3 Å². The summed E-state index contributed by atoms with van der Waals surface area (Å²) in [5.41, 5.74) is -1.01. The number of hydrogen-bond donors (Lipinski definition) is 1. The van der Waals surface area contributed by atoms with E-state index in [2.05, 4.69) is 15.1 Å². The second kappa shape index (κ2) is 12.4. The number of Topliss-reactive ketones (excluding diaryl/α,β-unsaturated/α-hetero) is 1. The Morgan fingerprint density at radius 2 is 1.45 bits per heavy atom. The van der Waals surface area contributed by atoms with E-state index in [1.54, 1.807) is 0 Å². The number of carbonyl (C=O) groups is 1. The maximum Gasteiger partial charge on any atom is 0.417 e. The largest absolute Gasteiger partial charge is 0.417 e. The van der Waals surface area contributed by atoms with Crippen LogP contribution in [0.1, 0.15) is 37.3 Å².